The number of amides is 3. The molecule has 0 radical (unpaired) electrons. The zero-order valence-electron chi connectivity index (χ0n) is 18.7. The largest absolute Gasteiger partial charge is 0.339 e. The van der Waals surface area contributed by atoms with Crippen LogP contribution >= 0.6 is 0 Å². The molecule has 3 amide bonds. The van der Waals surface area contributed by atoms with Crippen molar-refractivity contribution in [2.45, 2.75) is 40.5 Å². The van der Waals surface area contributed by atoms with Gasteiger partial charge in [0, 0.05) is 41.4 Å². The predicted octanol–water partition coefficient (Wildman–Crippen LogP) is 4.47. The molecule has 1 fully saturated rings. The molecule has 1 aliphatic heterocycles. The van der Waals surface area contributed by atoms with Crippen LogP contribution in [-0.2, 0) is 9.59 Å². The molecule has 2 aromatic carbocycles. The summed E-state index contributed by atoms with van der Waals surface area (Å²) in [5.41, 5.74) is 2.49. The topological polar surface area (TPSA) is 78.5 Å². The van der Waals surface area contributed by atoms with Crippen LogP contribution in [0.25, 0.3) is 0 Å². The van der Waals surface area contributed by atoms with Crippen LogP contribution in [0.4, 0.5) is 11.4 Å². The molecule has 0 aromatic heterocycles. The lowest BCUT2D eigenvalue weighted by Crippen LogP contribution is -2.41. The van der Waals surface area contributed by atoms with Crippen LogP contribution in [0.2, 0.25) is 0 Å². The van der Waals surface area contributed by atoms with Gasteiger partial charge in [0.2, 0.25) is 11.8 Å². The van der Waals surface area contributed by atoms with E-state index in [1.165, 1.54) is 0 Å². The normalized spacial score (nSPS) is 14.8. The van der Waals surface area contributed by atoms with Gasteiger partial charge in [-0.05, 0) is 49.6 Å². The Balaban J connectivity index is 1.56. The van der Waals surface area contributed by atoms with Gasteiger partial charge in [0.25, 0.3) is 5.91 Å². The fourth-order valence-electron chi connectivity index (χ4n) is 3.57. The van der Waals surface area contributed by atoms with E-state index in [0.717, 1.165) is 11.1 Å². The Morgan fingerprint density at radius 3 is 2.13 bits per heavy atom. The number of likely N-dealkylation sites (tertiary alicyclic amines) is 1. The van der Waals surface area contributed by atoms with Crippen LogP contribution < -0.4 is 10.6 Å². The van der Waals surface area contributed by atoms with Gasteiger partial charge in [0.1, 0.15) is 0 Å². The fraction of sp³-hybridized carbons (Fsp3) is 0.400. The molecular weight excluding hydrogens is 390 g/mol. The molecule has 0 unspecified atom stereocenters. The van der Waals surface area contributed by atoms with E-state index in [2.05, 4.69) is 10.6 Å². The Kier molecular flexibility index (Phi) is 6.78. The molecule has 6 heteroatoms. The summed E-state index contributed by atoms with van der Waals surface area (Å²) in [4.78, 5) is 39.6. The lowest BCUT2D eigenvalue weighted by molar-refractivity contribution is -0.123. The van der Waals surface area contributed by atoms with E-state index >= 15 is 0 Å². The summed E-state index contributed by atoms with van der Waals surface area (Å²) in [6.07, 6.45) is 1.26. The van der Waals surface area contributed by atoms with Gasteiger partial charge in [-0.2, -0.15) is 0 Å². The second-order valence-electron chi connectivity index (χ2n) is 9.16. The highest BCUT2D eigenvalue weighted by atomic mass is 16.2. The van der Waals surface area contributed by atoms with Crippen molar-refractivity contribution in [1.29, 1.82) is 0 Å². The van der Waals surface area contributed by atoms with Crippen molar-refractivity contribution in [3.05, 3.63) is 59.7 Å². The van der Waals surface area contributed by atoms with Gasteiger partial charge in [-0.3, -0.25) is 14.4 Å². The Morgan fingerprint density at radius 2 is 1.52 bits per heavy atom. The van der Waals surface area contributed by atoms with Crippen molar-refractivity contribution in [3.63, 3.8) is 0 Å². The molecule has 0 bridgehead atoms. The molecule has 164 valence electrons. The van der Waals surface area contributed by atoms with Crippen molar-refractivity contribution in [2.75, 3.05) is 23.7 Å². The first kappa shape index (κ1) is 22.5. The smallest absolute Gasteiger partial charge is 0.254 e. The maximum absolute atomic E-state index is 12.8. The van der Waals surface area contributed by atoms with E-state index in [-0.39, 0.29) is 23.6 Å². The number of anilines is 2. The highest BCUT2D eigenvalue weighted by Crippen LogP contribution is 2.24. The first-order chi connectivity index (χ1) is 14.6. The van der Waals surface area contributed by atoms with Crippen LogP contribution in [0.3, 0.4) is 0 Å². The number of carbonyl (C=O) groups excluding carboxylic acids is 3. The molecule has 3 rings (SSSR count). The lowest BCUT2D eigenvalue weighted by atomic mass is 9.95. The Hall–Kier alpha value is -3.15. The summed E-state index contributed by atoms with van der Waals surface area (Å²) < 4.78 is 0. The summed E-state index contributed by atoms with van der Waals surface area (Å²) in [7, 11) is 0. The van der Waals surface area contributed by atoms with Crippen LogP contribution in [-0.4, -0.2) is 35.7 Å². The highest BCUT2D eigenvalue weighted by Gasteiger charge is 2.28. The number of nitrogens with zero attached hydrogens (tertiary/aromatic N) is 1. The number of hydrogen-bond donors (Lipinski definition) is 2. The third-order valence-electron chi connectivity index (χ3n) is 5.60. The van der Waals surface area contributed by atoms with Crippen LogP contribution in [0, 0.1) is 18.3 Å². The number of rotatable bonds is 4. The second-order valence-corrected chi connectivity index (χ2v) is 9.16. The molecule has 1 heterocycles. The minimum Gasteiger partial charge on any atom is -0.339 e. The van der Waals surface area contributed by atoms with Crippen molar-refractivity contribution in [1.82, 2.24) is 4.90 Å². The molecule has 1 saturated heterocycles. The van der Waals surface area contributed by atoms with Gasteiger partial charge in [-0.1, -0.05) is 45.0 Å². The van der Waals surface area contributed by atoms with Crippen molar-refractivity contribution in [2.24, 2.45) is 11.3 Å². The second kappa shape index (κ2) is 9.33. The number of benzene rings is 2. The monoisotopic (exact) mass is 421 g/mol. The van der Waals surface area contributed by atoms with E-state index in [1.54, 1.807) is 18.2 Å². The van der Waals surface area contributed by atoms with E-state index in [0.29, 0.717) is 37.3 Å². The van der Waals surface area contributed by atoms with Gasteiger partial charge in [0.15, 0.2) is 0 Å². The molecule has 2 aromatic rings. The Morgan fingerprint density at radius 1 is 0.903 bits per heavy atom. The van der Waals surface area contributed by atoms with Crippen molar-refractivity contribution in [3.8, 4) is 0 Å². The molecule has 0 saturated carbocycles. The van der Waals surface area contributed by atoms with Gasteiger partial charge in [-0.15, -0.1) is 0 Å². The number of nitrogens with one attached hydrogen (secondary N) is 2. The summed E-state index contributed by atoms with van der Waals surface area (Å²) >= 11 is 0. The SMILES string of the molecule is Cc1ccccc1C(=O)N1CCC(C(=O)Nc2cccc(NC(=O)C(C)(C)C)c2)CC1. The average molecular weight is 422 g/mol. The molecule has 31 heavy (non-hydrogen) atoms. The molecule has 0 aliphatic carbocycles. The maximum atomic E-state index is 12.8. The lowest BCUT2D eigenvalue weighted by Gasteiger charge is -2.31. The Labute approximate surface area is 184 Å². The summed E-state index contributed by atoms with van der Waals surface area (Å²) in [6, 6.07) is 14.8. The van der Waals surface area contributed by atoms with Gasteiger partial charge in [-0.25, -0.2) is 0 Å². The number of piperidine rings is 1. The average Bonchev–Trinajstić information content (AvgIpc) is 2.73. The fourth-order valence-corrected chi connectivity index (χ4v) is 3.57. The van der Waals surface area contributed by atoms with Crippen molar-refractivity contribution < 1.29 is 14.4 Å². The molecule has 6 nitrogen and oxygen atoms in total. The zero-order chi connectivity index (χ0) is 22.6. The third-order valence-corrected chi connectivity index (χ3v) is 5.60. The quantitative estimate of drug-likeness (QED) is 0.764. The van der Waals surface area contributed by atoms with Crippen LogP contribution in [0.5, 0.6) is 0 Å². The van der Waals surface area contributed by atoms with Gasteiger partial charge < -0.3 is 15.5 Å². The first-order valence-corrected chi connectivity index (χ1v) is 10.7. The zero-order valence-corrected chi connectivity index (χ0v) is 18.7. The van der Waals surface area contributed by atoms with E-state index < -0.39 is 5.41 Å². The van der Waals surface area contributed by atoms with E-state index in [9.17, 15) is 14.4 Å². The molecular formula is C25H31N3O3. The third kappa shape index (κ3) is 5.72. The van der Waals surface area contributed by atoms with E-state index in [1.807, 2.05) is 62.9 Å². The summed E-state index contributed by atoms with van der Waals surface area (Å²) in [5, 5.41) is 5.83. The van der Waals surface area contributed by atoms with Crippen LogP contribution in [0.1, 0.15) is 49.5 Å². The molecule has 0 spiro atoms. The number of aryl methyl sites for hydroxylation is 1. The number of carbonyl (C=O) groups is 3. The first-order valence-electron chi connectivity index (χ1n) is 10.7. The van der Waals surface area contributed by atoms with Gasteiger partial charge >= 0.3 is 0 Å². The molecule has 1 aliphatic rings. The minimum absolute atomic E-state index is 0.0271. The summed E-state index contributed by atoms with van der Waals surface area (Å²) in [6.45, 7) is 8.61. The summed E-state index contributed by atoms with van der Waals surface area (Å²) in [5.74, 6) is -0.253. The van der Waals surface area contributed by atoms with E-state index in [4.69, 9.17) is 0 Å². The van der Waals surface area contributed by atoms with Gasteiger partial charge in [0.05, 0.1) is 0 Å². The van der Waals surface area contributed by atoms with Crippen molar-refractivity contribution >= 4 is 29.1 Å². The number of hydrogen-bond acceptors (Lipinski definition) is 3. The molecule has 2 N–H and O–H groups in total. The molecule has 0 atom stereocenters. The van der Waals surface area contributed by atoms with Crippen LogP contribution in [0.15, 0.2) is 48.5 Å². The maximum Gasteiger partial charge on any atom is 0.254 e. The highest BCUT2D eigenvalue weighted by molar-refractivity contribution is 5.97. The standard InChI is InChI=1S/C25H31N3O3/c1-17-8-5-6-11-21(17)23(30)28-14-12-18(13-15-28)22(29)26-19-9-7-10-20(16-19)27-24(31)25(2,3)4/h5-11,16,18H,12-15H2,1-4H3,(H,26,29)(H,27,31). The Bertz CT molecular complexity index is 970. The predicted molar refractivity (Wildman–Crippen MR) is 123 cm³/mol. The minimum atomic E-state index is -0.497.